The third-order valence-corrected chi connectivity index (χ3v) is 3.25. The summed E-state index contributed by atoms with van der Waals surface area (Å²) in [5.41, 5.74) is 11.2. The molecule has 0 fully saturated rings. The zero-order valence-electron chi connectivity index (χ0n) is 10.6. The van der Waals surface area contributed by atoms with Crippen molar-refractivity contribution in [2.45, 2.75) is 20.3 Å². The minimum absolute atomic E-state index is 0. The quantitative estimate of drug-likeness (QED) is 0.429. The van der Waals surface area contributed by atoms with E-state index >= 15 is 0 Å². The van der Waals surface area contributed by atoms with Gasteiger partial charge in [0, 0.05) is 12.0 Å². The van der Waals surface area contributed by atoms with E-state index in [1.165, 1.54) is 0 Å². The van der Waals surface area contributed by atoms with E-state index in [-0.39, 0.29) is 41.1 Å². The van der Waals surface area contributed by atoms with Crippen LogP contribution in [0.1, 0.15) is 20.3 Å². The van der Waals surface area contributed by atoms with Gasteiger partial charge in [0.15, 0.2) is 5.96 Å². The number of aliphatic imine (C=N–C) groups is 1. The number of hydrogen-bond donors (Lipinski definition) is 2. The summed E-state index contributed by atoms with van der Waals surface area (Å²) in [7, 11) is -2.36. The Labute approximate surface area is 119 Å². The fourth-order valence-corrected chi connectivity index (χ4v) is 2.39. The molecule has 6 nitrogen and oxygen atoms in total. The second-order valence-corrected chi connectivity index (χ2v) is 5.11. The number of guanidine groups is 1. The monoisotopic (exact) mass is 305 g/mol. The van der Waals surface area contributed by atoms with Crippen LogP contribution in [0.3, 0.4) is 0 Å². The maximum Gasteiger partial charge on any atom is 0.276 e. The van der Waals surface area contributed by atoms with E-state index in [1.807, 2.05) is 13.8 Å². The molecule has 1 amide bonds. The number of amides is 1. The molecule has 1 aliphatic rings. The van der Waals surface area contributed by atoms with Crippen molar-refractivity contribution in [1.82, 2.24) is 0 Å². The van der Waals surface area contributed by atoms with Gasteiger partial charge < -0.3 is 11.5 Å². The number of nitrogens with two attached hydrogens (primary N) is 2. The van der Waals surface area contributed by atoms with Gasteiger partial charge in [-0.1, -0.05) is 26.0 Å². The summed E-state index contributed by atoms with van der Waals surface area (Å²) in [6.07, 6.45) is 3.20. The summed E-state index contributed by atoms with van der Waals surface area (Å²) in [5.74, 6) is -0.893. The molecule has 0 aromatic rings. The van der Waals surface area contributed by atoms with Crippen molar-refractivity contribution in [2.75, 3.05) is 0 Å². The second kappa shape index (κ2) is 7.10. The number of hydrogen-bond acceptors (Lipinski definition) is 3. The summed E-state index contributed by atoms with van der Waals surface area (Å²) in [5, 5.41) is 0. The van der Waals surface area contributed by atoms with Crippen molar-refractivity contribution in [1.29, 1.82) is 0 Å². The van der Waals surface area contributed by atoms with Gasteiger partial charge in [-0.05, 0) is 11.5 Å². The lowest BCUT2D eigenvalue weighted by Crippen LogP contribution is -2.25. The molecule has 0 atom stereocenters. The Morgan fingerprint density at radius 3 is 2.32 bits per heavy atom. The predicted octanol–water partition coefficient (Wildman–Crippen LogP) is 0.172. The minimum atomic E-state index is -2.36. The summed E-state index contributed by atoms with van der Waals surface area (Å²) >= 11 is 0. The topological polar surface area (TPSA) is 116 Å². The van der Waals surface area contributed by atoms with Gasteiger partial charge in [-0.25, -0.2) is 0 Å². The molecule has 0 unspecified atom stereocenters. The van der Waals surface area contributed by atoms with Crippen LogP contribution < -0.4 is 11.5 Å². The van der Waals surface area contributed by atoms with Crippen LogP contribution in [0.25, 0.3) is 0 Å². The molecule has 0 saturated carbocycles. The van der Waals surface area contributed by atoms with Crippen LogP contribution in [0.4, 0.5) is 0 Å². The molecule has 0 aliphatic heterocycles. The minimum Gasteiger partial charge on any atom is -0.370 e. The number of carbonyl (C=O) groups is 1. The number of carbonyl (C=O) groups excluding carboxylic acids is 1. The van der Waals surface area contributed by atoms with Crippen LogP contribution in [0.5, 0.6) is 0 Å². The number of allylic oxidation sites excluding steroid dienone is 3. The zero-order valence-corrected chi connectivity index (χ0v) is 12.2. The smallest absolute Gasteiger partial charge is 0.276 e. The lowest BCUT2D eigenvalue weighted by Gasteiger charge is -2.16. The van der Waals surface area contributed by atoms with Crippen molar-refractivity contribution in [3.63, 3.8) is 0 Å². The predicted molar refractivity (Wildman–Crippen MR) is 77.6 cm³/mol. The summed E-state index contributed by atoms with van der Waals surface area (Å²) in [4.78, 5) is 15.2. The van der Waals surface area contributed by atoms with Crippen LogP contribution >= 0.6 is 12.4 Å². The van der Waals surface area contributed by atoms with Crippen LogP contribution in [0.2, 0.25) is 0 Å². The molecule has 8 heteroatoms. The van der Waals surface area contributed by atoms with E-state index in [0.29, 0.717) is 5.57 Å². The van der Waals surface area contributed by atoms with Crippen LogP contribution in [0, 0.1) is 5.92 Å². The van der Waals surface area contributed by atoms with E-state index in [9.17, 15) is 13.2 Å². The number of rotatable bonds is 2. The number of nitrogens with zero attached hydrogens (tertiary/aromatic N) is 1. The van der Waals surface area contributed by atoms with E-state index in [0.717, 1.165) is 0 Å². The maximum absolute atomic E-state index is 11.6. The lowest BCUT2D eigenvalue weighted by molar-refractivity contribution is -0.114. The highest BCUT2D eigenvalue weighted by Gasteiger charge is 2.21. The Balaban J connectivity index is 0.00000324. The molecular weight excluding hydrogens is 290 g/mol. The molecule has 0 aromatic heterocycles. The van der Waals surface area contributed by atoms with Gasteiger partial charge in [-0.3, -0.25) is 4.79 Å². The van der Waals surface area contributed by atoms with Crippen LogP contribution in [-0.2, 0) is 15.1 Å². The van der Waals surface area contributed by atoms with Gasteiger partial charge in [-0.2, -0.15) is 13.4 Å². The van der Waals surface area contributed by atoms with Crippen molar-refractivity contribution in [3.05, 3.63) is 23.3 Å². The Hall–Kier alpha value is -1.60. The van der Waals surface area contributed by atoms with Crippen molar-refractivity contribution < 1.29 is 13.2 Å². The average molecular weight is 306 g/mol. The largest absolute Gasteiger partial charge is 0.370 e. The van der Waals surface area contributed by atoms with Gasteiger partial charge >= 0.3 is 0 Å². The molecule has 19 heavy (non-hydrogen) atoms. The standard InChI is InChI=1S/C11H15N3O3S.ClH/c1-6(2)8-4-3-7(5-9(8)18(16)17)10(15)14-11(12)13;/h3-4,6H,5H2,1-2H3,(H4,12,13,14,15);1H. The number of halogens is 1. The SMILES string of the molecule is CC(C)C1=CC=C(C(=O)N=C(N)N)CC1=S(=O)=O.Cl. The maximum atomic E-state index is 11.6. The first kappa shape index (κ1) is 17.4. The van der Waals surface area contributed by atoms with Crippen LogP contribution in [0.15, 0.2) is 28.3 Å². The third kappa shape index (κ3) is 4.53. The van der Waals surface area contributed by atoms with Gasteiger partial charge in [0.05, 0.1) is 4.86 Å². The van der Waals surface area contributed by atoms with Crippen molar-refractivity contribution in [3.8, 4) is 0 Å². The second-order valence-electron chi connectivity index (χ2n) is 4.15. The highest BCUT2D eigenvalue weighted by atomic mass is 35.5. The molecule has 0 aromatic carbocycles. The first-order valence-corrected chi connectivity index (χ1v) is 6.40. The fourth-order valence-electron chi connectivity index (χ4n) is 1.62. The highest BCUT2D eigenvalue weighted by Crippen LogP contribution is 2.22. The Kier molecular flexibility index (Phi) is 6.51. The van der Waals surface area contributed by atoms with E-state index in [1.54, 1.807) is 12.2 Å². The first-order chi connectivity index (χ1) is 8.32. The molecule has 4 N–H and O–H groups in total. The van der Waals surface area contributed by atoms with E-state index < -0.39 is 16.2 Å². The molecule has 106 valence electrons. The van der Waals surface area contributed by atoms with Crippen molar-refractivity contribution in [2.24, 2.45) is 22.4 Å². The molecule has 1 aliphatic carbocycles. The Morgan fingerprint density at radius 1 is 1.32 bits per heavy atom. The summed E-state index contributed by atoms with van der Waals surface area (Å²) < 4.78 is 22.3. The van der Waals surface area contributed by atoms with E-state index in [4.69, 9.17) is 11.5 Å². The van der Waals surface area contributed by atoms with Gasteiger partial charge in [-0.15, -0.1) is 12.4 Å². The van der Waals surface area contributed by atoms with Crippen LogP contribution in [-0.4, -0.2) is 25.1 Å². The Bertz CT molecular complexity index is 589. The first-order valence-electron chi connectivity index (χ1n) is 5.33. The summed E-state index contributed by atoms with van der Waals surface area (Å²) in [6.45, 7) is 3.77. The molecule has 0 spiro atoms. The molecule has 0 bridgehead atoms. The average Bonchev–Trinajstić information content (AvgIpc) is 2.26. The van der Waals surface area contributed by atoms with E-state index in [2.05, 4.69) is 4.99 Å². The van der Waals surface area contributed by atoms with Gasteiger partial charge in [0.2, 0.25) is 10.3 Å². The Morgan fingerprint density at radius 2 is 1.89 bits per heavy atom. The van der Waals surface area contributed by atoms with Gasteiger partial charge in [0.25, 0.3) is 5.91 Å². The summed E-state index contributed by atoms with van der Waals surface area (Å²) in [6, 6.07) is 0. The third-order valence-electron chi connectivity index (χ3n) is 2.47. The highest BCUT2D eigenvalue weighted by molar-refractivity contribution is 7.73. The zero-order chi connectivity index (χ0) is 13.9. The molecule has 1 rings (SSSR count). The lowest BCUT2D eigenvalue weighted by atomic mass is 9.91. The normalized spacial score (nSPS) is 14.2. The molecule has 0 radical (unpaired) electrons. The fraction of sp³-hybridized carbons (Fsp3) is 0.364. The molecular formula is C11H16ClN3O3S. The van der Waals surface area contributed by atoms with Gasteiger partial charge in [0.1, 0.15) is 0 Å². The molecule has 0 heterocycles. The molecule has 0 saturated heterocycles. The van der Waals surface area contributed by atoms with Crippen molar-refractivity contribution >= 4 is 39.4 Å².